The monoisotopic (exact) mass is 488 g/mol. The summed E-state index contributed by atoms with van der Waals surface area (Å²) in [7, 11) is 1.63. The molecule has 1 fully saturated rings. The van der Waals surface area contributed by atoms with Crippen molar-refractivity contribution in [2.24, 2.45) is 0 Å². The molecule has 2 aliphatic heterocycles. The molecule has 0 radical (unpaired) electrons. The minimum absolute atomic E-state index is 0.0371. The molecule has 9 heteroatoms. The summed E-state index contributed by atoms with van der Waals surface area (Å²) >= 11 is 5.17. The van der Waals surface area contributed by atoms with E-state index >= 15 is 0 Å². The lowest BCUT2D eigenvalue weighted by Gasteiger charge is -2.22. The van der Waals surface area contributed by atoms with E-state index in [1.54, 1.807) is 18.4 Å². The standard InChI is InChI=1S/C21H21BrN4O3S/c1-28-17-11-16-13(10-15(17)22)20-14(12-29-16)19(24-26(20)18-4-2-9-30-18)21(27)25-7-3-5-23-6-8-25/h2,4,9-11,23H,3,5-8,12H2,1H3. The van der Waals surface area contributed by atoms with Crippen molar-refractivity contribution in [2.45, 2.75) is 13.0 Å². The molecular formula is C21H21BrN4O3S. The maximum absolute atomic E-state index is 13.4. The Kier molecular flexibility index (Phi) is 5.26. The molecule has 0 aliphatic carbocycles. The van der Waals surface area contributed by atoms with Crippen LogP contribution in [0.5, 0.6) is 11.5 Å². The fraction of sp³-hybridized carbons (Fsp3) is 0.333. The number of nitrogens with one attached hydrogen (secondary N) is 1. The van der Waals surface area contributed by atoms with Gasteiger partial charge in [-0.2, -0.15) is 5.10 Å². The molecule has 0 saturated carbocycles. The Hall–Kier alpha value is -2.36. The molecule has 2 aliphatic rings. The number of benzene rings is 1. The Bertz CT molecular complexity index is 1090. The number of fused-ring (bicyclic) bond motifs is 3. The van der Waals surface area contributed by atoms with E-state index in [1.165, 1.54) is 0 Å². The third kappa shape index (κ3) is 3.30. The van der Waals surface area contributed by atoms with E-state index in [-0.39, 0.29) is 5.91 Å². The van der Waals surface area contributed by atoms with Gasteiger partial charge in [0.15, 0.2) is 5.69 Å². The summed E-state index contributed by atoms with van der Waals surface area (Å²) in [4.78, 5) is 15.3. The fourth-order valence-electron chi connectivity index (χ4n) is 3.93. The van der Waals surface area contributed by atoms with Gasteiger partial charge in [-0.15, -0.1) is 11.3 Å². The summed E-state index contributed by atoms with van der Waals surface area (Å²) in [6.45, 7) is 3.43. The summed E-state index contributed by atoms with van der Waals surface area (Å²) in [6, 6.07) is 7.84. The molecule has 1 aromatic carbocycles. The molecule has 7 nitrogen and oxygen atoms in total. The van der Waals surface area contributed by atoms with Crippen molar-refractivity contribution in [1.29, 1.82) is 0 Å². The minimum atomic E-state index is -0.0371. The van der Waals surface area contributed by atoms with Crippen molar-refractivity contribution in [3.8, 4) is 27.8 Å². The molecule has 1 N–H and O–H groups in total. The van der Waals surface area contributed by atoms with E-state index in [2.05, 4.69) is 21.2 Å². The predicted molar refractivity (Wildman–Crippen MR) is 119 cm³/mol. The number of aromatic nitrogens is 2. The maximum atomic E-state index is 13.4. The van der Waals surface area contributed by atoms with E-state index in [9.17, 15) is 4.79 Å². The highest BCUT2D eigenvalue weighted by Gasteiger charge is 2.33. The van der Waals surface area contributed by atoms with Gasteiger partial charge in [-0.1, -0.05) is 0 Å². The van der Waals surface area contributed by atoms with Crippen LogP contribution in [-0.2, 0) is 6.61 Å². The van der Waals surface area contributed by atoms with E-state index in [0.29, 0.717) is 24.6 Å². The first-order valence-corrected chi connectivity index (χ1v) is 11.5. The molecule has 1 amide bonds. The molecule has 2 aromatic heterocycles. The average molecular weight is 489 g/mol. The van der Waals surface area contributed by atoms with Crippen LogP contribution >= 0.6 is 27.3 Å². The van der Waals surface area contributed by atoms with Gasteiger partial charge in [0.1, 0.15) is 23.1 Å². The zero-order chi connectivity index (χ0) is 20.7. The molecule has 156 valence electrons. The van der Waals surface area contributed by atoms with Crippen LogP contribution in [-0.4, -0.2) is 53.9 Å². The summed E-state index contributed by atoms with van der Waals surface area (Å²) in [5.74, 6) is 1.39. The molecule has 30 heavy (non-hydrogen) atoms. The highest BCUT2D eigenvalue weighted by Crippen LogP contribution is 2.45. The first-order valence-electron chi connectivity index (χ1n) is 9.84. The smallest absolute Gasteiger partial charge is 0.274 e. The largest absolute Gasteiger partial charge is 0.495 e. The number of rotatable bonds is 3. The molecule has 4 heterocycles. The zero-order valence-electron chi connectivity index (χ0n) is 16.5. The van der Waals surface area contributed by atoms with Crippen molar-refractivity contribution in [3.63, 3.8) is 0 Å². The van der Waals surface area contributed by atoms with Crippen LogP contribution in [0.1, 0.15) is 22.5 Å². The number of hydrogen-bond donors (Lipinski definition) is 1. The van der Waals surface area contributed by atoms with Gasteiger partial charge in [0.25, 0.3) is 5.91 Å². The third-order valence-electron chi connectivity index (χ3n) is 5.41. The molecule has 0 unspecified atom stereocenters. The van der Waals surface area contributed by atoms with E-state index < -0.39 is 0 Å². The molecule has 0 spiro atoms. The van der Waals surface area contributed by atoms with Gasteiger partial charge in [-0.3, -0.25) is 4.79 Å². The highest BCUT2D eigenvalue weighted by molar-refractivity contribution is 9.10. The summed E-state index contributed by atoms with van der Waals surface area (Å²) in [5.41, 5.74) is 3.09. The SMILES string of the molecule is COc1cc2c(cc1Br)-c1c(c(C(=O)N3CCCNCC3)nn1-c1cccs1)CO2. The Balaban J connectivity index is 1.66. The Morgan fingerprint density at radius 2 is 2.23 bits per heavy atom. The average Bonchev–Trinajstić information content (AvgIpc) is 3.33. The first-order chi connectivity index (χ1) is 14.7. The number of amides is 1. The lowest BCUT2D eigenvalue weighted by Crippen LogP contribution is -2.35. The summed E-state index contributed by atoms with van der Waals surface area (Å²) < 4.78 is 14.2. The van der Waals surface area contributed by atoms with Crippen molar-refractivity contribution < 1.29 is 14.3 Å². The Labute approximate surface area is 186 Å². The first kappa shape index (κ1) is 19.6. The van der Waals surface area contributed by atoms with Gasteiger partial charge in [-0.05, 0) is 52.5 Å². The van der Waals surface area contributed by atoms with Crippen molar-refractivity contribution in [1.82, 2.24) is 20.0 Å². The van der Waals surface area contributed by atoms with Crippen LogP contribution < -0.4 is 14.8 Å². The van der Waals surface area contributed by atoms with E-state index in [4.69, 9.17) is 14.6 Å². The van der Waals surface area contributed by atoms with Gasteiger partial charge in [0, 0.05) is 36.8 Å². The van der Waals surface area contributed by atoms with Crippen molar-refractivity contribution in [3.05, 3.63) is 45.4 Å². The number of halogens is 1. The zero-order valence-corrected chi connectivity index (χ0v) is 18.9. The number of nitrogens with zero attached hydrogens (tertiary/aromatic N) is 3. The number of hydrogen-bond acceptors (Lipinski definition) is 6. The van der Waals surface area contributed by atoms with Gasteiger partial charge in [0.05, 0.1) is 17.3 Å². The third-order valence-corrected chi connectivity index (χ3v) is 6.87. The summed E-state index contributed by atoms with van der Waals surface area (Å²) in [5, 5.41) is 11.1. The number of methoxy groups -OCH3 is 1. The highest BCUT2D eigenvalue weighted by atomic mass is 79.9. The Morgan fingerprint density at radius 1 is 1.33 bits per heavy atom. The van der Waals surface area contributed by atoms with E-state index in [1.807, 2.05) is 39.2 Å². The van der Waals surface area contributed by atoms with Crippen LogP contribution in [0.3, 0.4) is 0 Å². The second kappa shape index (κ2) is 8.05. The number of ether oxygens (including phenoxy) is 2. The molecule has 5 rings (SSSR count). The number of thiophene rings is 1. The molecule has 0 atom stereocenters. The summed E-state index contributed by atoms with van der Waals surface area (Å²) in [6.07, 6.45) is 0.936. The quantitative estimate of drug-likeness (QED) is 0.608. The second-order valence-electron chi connectivity index (χ2n) is 7.21. The predicted octanol–water partition coefficient (Wildman–Crippen LogP) is 3.70. The lowest BCUT2D eigenvalue weighted by molar-refractivity contribution is 0.0757. The number of carbonyl (C=O) groups excluding carboxylic acids is 1. The minimum Gasteiger partial charge on any atom is -0.495 e. The van der Waals surface area contributed by atoms with Crippen molar-refractivity contribution in [2.75, 3.05) is 33.3 Å². The second-order valence-corrected chi connectivity index (χ2v) is 8.99. The maximum Gasteiger partial charge on any atom is 0.274 e. The molecule has 1 saturated heterocycles. The molecular weight excluding hydrogens is 468 g/mol. The van der Waals surface area contributed by atoms with E-state index in [0.717, 1.165) is 58.1 Å². The van der Waals surface area contributed by atoms with Gasteiger partial charge >= 0.3 is 0 Å². The fourth-order valence-corrected chi connectivity index (χ4v) is 5.12. The van der Waals surface area contributed by atoms with Crippen LogP contribution in [0.4, 0.5) is 0 Å². The topological polar surface area (TPSA) is 68.6 Å². The molecule has 3 aromatic rings. The molecule has 0 bridgehead atoms. The van der Waals surface area contributed by atoms with Crippen LogP contribution in [0.15, 0.2) is 34.1 Å². The van der Waals surface area contributed by atoms with Gasteiger partial charge in [-0.25, -0.2) is 4.68 Å². The normalized spacial score (nSPS) is 15.7. The Morgan fingerprint density at radius 3 is 3.03 bits per heavy atom. The lowest BCUT2D eigenvalue weighted by atomic mass is 10.0. The van der Waals surface area contributed by atoms with Gasteiger partial charge in [0.2, 0.25) is 0 Å². The van der Waals surface area contributed by atoms with Crippen LogP contribution in [0.2, 0.25) is 0 Å². The van der Waals surface area contributed by atoms with Crippen LogP contribution in [0, 0.1) is 0 Å². The van der Waals surface area contributed by atoms with Crippen LogP contribution in [0.25, 0.3) is 16.3 Å². The van der Waals surface area contributed by atoms with Crippen molar-refractivity contribution >= 4 is 33.2 Å². The number of carbonyl (C=O) groups is 1. The van der Waals surface area contributed by atoms with Gasteiger partial charge < -0.3 is 19.7 Å².